The van der Waals surface area contributed by atoms with Crippen LogP contribution in [0.15, 0.2) is 47.7 Å². The molecule has 21 heavy (non-hydrogen) atoms. The van der Waals surface area contributed by atoms with Crippen LogP contribution in [0.4, 0.5) is 5.69 Å². The summed E-state index contributed by atoms with van der Waals surface area (Å²) in [6, 6.07) is 9.77. The third kappa shape index (κ3) is 2.25. The largest absolute Gasteiger partial charge is 0.454 e. The number of aliphatic imine (C=N–C) groups is 1. The van der Waals surface area contributed by atoms with Gasteiger partial charge in [-0.1, -0.05) is 12.1 Å². The molecule has 0 aliphatic carbocycles. The average molecular weight is 280 g/mol. The quantitative estimate of drug-likeness (QED) is 0.803. The van der Waals surface area contributed by atoms with Crippen LogP contribution in [0, 0.1) is 0 Å². The van der Waals surface area contributed by atoms with Crippen LogP contribution in [-0.4, -0.2) is 41.9 Å². The lowest BCUT2D eigenvalue weighted by Gasteiger charge is -2.30. The predicted octanol–water partition coefficient (Wildman–Crippen LogP) is 2.17. The van der Waals surface area contributed by atoms with E-state index in [1.54, 1.807) is 6.20 Å². The molecule has 5 nitrogen and oxygen atoms in total. The summed E-state index contributed by atoms with van der Waals surface area (Å²) in [6.07, 6.45) is 3.59. The molecule has 2 aromatic rings. The zero-order valence-corrected chi connectivity index (χ0v) is 11.6. The van der Waals surface area contributed by atoms with Gasteiger partial charge in [0.15, 0.2) is 5.75 Å². The van der Waals surface area contributed by atoms with E-state index < -0.39 is 0 Å². The Morgan fingerprint density at radius 3 is 2.81 bits per heavy atom. The zero-order chi connectivity index (χ0) is 14.1. The Kier molecular flexibility index (Phi) is 3.05. The lowest BCUT2D eigenvalue weighted by atomic mass is 10.2. The monoisotopic (exact) mass is 280 g/mol. The summed E-state index contributed by atoms with van der Waals surface area (Å²) in [5.74, 6) is 2.55. The van der Waals surface area contributed by atoms with Gasteiger partial charge in [0.25, 0.3) is 0 Å². The van der Waals surface area contributed by atoms with Crippen molar-refractivity contribution in [3.63, 3.8) is 0 Å². The molecule has 1 aromatic carbocycles. The van der Waals surface area contributed by atoms with E-state index in [2.05, 4.69) is 15.2 Å². The lowest BCUT2D eigenvalue weighted by Crippen LogP contribution is -2.46. The first-order valence-electron chi connectivity index (χ1n) is 7.17. The highest BCUT2D eigenvalue weighted by molar-refractivity contribution is 6.03. The second-order valence-electron chi connectivity index (χ2n) is 5.11. The summed E-state index contributed by atoms with van der Waals surface area (Å²) < 4.78 is 6.03. The summed E-state index contributed by atoms with van der Waals surface area (Å²) in [5, 5.41) is 3.37. The van der Waals surface area contributed by atoms with Crippen molar-refractivity contribution in [1.29, 1.82) is 0 Å². The highest BCUT2D eigenvalue weighted by Gasteiger charge is 2.23. The lowest BCUT2D eigenvalue weighted by molar-refractivity contribution is 0.357. The van der Waals surface area contributed by atoms with Crippen molar-refractivity contribution in [2.75, 3.05) is 26.2 Å². The van der Waals surface area contributed by atoms with E-state index in [1.807, 2.05) is 36.5 Å². The van der Waals surface area contributed by atoms with E-state index in [-0.39, 0.29) is 0 Å². The molecule has 1 saturated heterocycles. The average Bonchev–Trinajstić information content (AvgIpc) is 2.72. The fraction of sp³-hybridized carbons (Fsp3) is 0.250. The number of benzene rings is 1. The molecule has 3 heterocycles. The topological polar surface area (TPSA) is 49.8 Å². The highest BCUT2D eigenvalue weighted by atomic mass is 16.5. The van der Waals surface area contributed by atoms with Crippen molar-refractivity contribution in [2.24, 2.45) is 4.99 Å². The van der Waals surface area contributed by atoms with Crippen LogP contribution in [0.3, 0.4) is 0 Å². The van der Waals surface area contributed by atoms with Crippen molar-refractivity contribution in [2.45, 2.75) is 0 Å². The second-order valence-corrected chi connectivity index (χ2v) is 5.11. The maximum Gasteiger partial charge on any atom is 0.153 e. The zero-order valence-electron chi connectivity index (χ0n) is 11.6. The summed E-state index contributed by atoms with van der Waals surface area (Å²) in [4.78, 5) is 11.4. The Hall–Kier alpha value is -2.40. The van der Waals surface area contributed by atoms with Gasteiger partial charge in [-0.2, -0.15) is 0 Å². The Morgan fingerprint density at radius 1 is 1.05 bits per heavy atom. The first kappa shape index (κ1) is 12.3. The molecule has 106 valence electrons. The molecular weight excluding hydrogens is 264 g/mol. The summed E-state index contributed by atoms with van der Waals surface area (Å²) in [6.45, 7) is 3.82. The molecule has 0 unspecified atom stereocenters. The number of fused-ring (bicyclic) bond motifs is 2. The molecule has 4 rings (SSSR count). The van der Waals surface area contributed by atoms with Crippen LogP contribution in [0.5, 0.6) is 11.5 Å². The summed E-state index contributed by atoms with van der Waals surface area (Å²) in [7, 11) is 0. The van der Waals surface area contributed by atoms with Gasteiger partial charge in [-0.25, -0.2) is 4.99 Å². The summed E-state index contributed by atoms with van der Waals surface area (Å²) >= 11 is 0. The molecule has 0 radical (unpaired) electrons. The number of hydrogen-bond acceptors (Lipinski definition) is 5. The fourth-order valence-corrected chi connectivity index (χ4v) is 2.68. The molecule has 1 aromatic heterocycles. The predicted molar refractivity (Wildman–Crippen MR) is 81.4 cm³/mol. The van der Waals surface area contributed by atoms with Gasteiger partial charge in [0.1, 0.15) is 17.3 Å². The minimum Gasteiger partial charge on any atom is -0.454 e. The maximum absolute atomic E-state index is 6.03. The SMILES string of the molecule is c1ccc2c(c1)N=C(N1CCNCC1)c1cnccc1O2. The number of rotatable bonds is 0. The molecule has 0 saturated carbocycles. The second kappa shape index (κ2) is 5.18. The molecule has 1 N–H and O–H groups in total. The number of nitrogens with one attached hydrogen (secondary N) is 1. The number of nitrogens with zero attached hydrogens (tertiary/aromatic N) is 3. The van der Waals surface area contributed by atoms with E-state index in [4.69, 9.17) is 9.73 Å². The standard InChI is InChI=1S/C16H16N4O/c1-2-4-15-13(3-1)19-16(20-9-7-17-8-10-20)12-11-18-6-5-14(12)21-15/h1-6,11,17H,7-10H2. The number of para-hydroxylation sites is 2. The van der Waals surface area contributed by atoms with E-state index in [9.17, 15) is 0 Å². The van der Waals surface area contributed by atoms with Crippen molar-refractivity contribution in [3.8, 4) is 11.5 Å². The van der Waals surface area contributed by atoms with Gasteiger partial charge in [-0.15, -0.1) is 0 Å². The van der Waals surface area contributed by atoms with Gasteiger partial charge in [0, 0.05) is 38.6 Å². The molecular formula is C16H16N4O. The van der Waals surface area contributed by atoms with Crippen molar-refractivity contribution in [1.82, 2.24) is 15.2 Å². The van der Waals surface area contributed by atoms with Crippen LogP contribution >= 0.6 is 0 Å². The van der Waals surface area contributed by atoms with Gasteiger partial charge in [0.2, 0.25) is 0 Å². The van der Waals surface area contributed by atoms with Crippen LogP contribution in [0.25, 0.3) is 0 Å². The van der Waals surface area contributed by atoms with Gasteiger partial charge < -0.3 is 15.0 Å². The molecule has 5 heteroatoms. The van der Waals surface area contributed by atoms with Crippen molar-refractivity contribution < 1.29 is 4.74 Å². The number of aromatic nitrogens is 1. The number of pyridine rings is 1. The molecule has 0 spiro atoms. The van der Waals surface area contributed by atoms with Crippen molar-refractivity contribution in [3.05, 3.63) is 48.3 Å². The Morgan fingerprint density at radius 2 is 1.90 bits per heavy atom. The van der Waals surface area contributed by atoms with E-state index in [1.165, 1.54) is 0 Å². The number of ether oxygens (including phenoxy) is 1. The van der Waals surface area contributed by atoms with Gasteiger partial charge in [-0.3, -0.25) is 4.98 Å². The van der Waals surface area contributed by atoms with E-state index in [0.29, 0.717) is 0 Å². The molecule has 2 aliphatic rings. The molecule has 2 aliphatic heterocycles. The third-order valence-corrected chi connectivity index (χ3v) is 3.75. The van der Waals surface area contributed by atoms with Gasteiger partial charge >= 0.3 is 0 Å². The minimum atomic E-state index is 0.787. The fourth-order valence-electron chi connectivity index (χ4n) is 2.68. The number of piperazine rings is 1. The molecule has 0 bridgehead atoms. The van der Waals surface area contributed by atoms with Crippen molar-refractivity contribution >= 4 is 11.5 Å². The molecule has 0 amide bonds. The smallest absolute Gasteiger partial charge is 0.153 e. The van der Waals surface area contributed by atoms with Gasteiger partial charge in [-0.05, 0) is 18.2 Å². The number of amidine groups is 1. The summed E-state index contributed by atoms with van der Waals surface area (Å²) in [5.41, 5.74) is 1.82. The Labute approximate surface area is 123 Å². The van der Waals surface area contributed by atoms with Gasteiger partial charge in [0.05, 0.1) is 5.56 Å². The normalized spacial score (nSPS) is 17.1. The molecule has 1 fully saturated rings. The van der Waals surface area contributed by atoms with E-state index >= 15 is 0 Å². The Bertz CT molecular complexity index is 692. The molecule has 0 atom stereocenters. The first-order chi connectivity index (χ1) is 10.4. The third-order valence-electron chi connectivity index (χ3n) is 3.75. The van der Waals surface area contributed by atoms with Crippen LogP contribution < -0.4 is 10.1 Å². The van der Waals surface area contributed by atoms with Crippen LogP contribution in [-0.2, 0) is 0 Å². The van der Waals surface area contributed by atoms with E-state index in [0.717, 1.165) is 54.8 Å². The van der Waals surface area contributed by atoms with Crippen LogP contribution in [0.2, 0.25) is 0 Å². The highest BCUT2D eigenvalue weighted by Crippen LogP contribution is 2.37. The van der Waals surface area contributed by atoms with Crippen LogP contribution in [0.1, 0.15) is 5.56 Å². The maximum atomic E-state index is 6.03. The Balaban J connectivity index is 1.87. The number of hydrogen-bond donors (Lipinski definition) is 1. The first-order valence-corrected chi connectivity index (χ1v) is 7.17. The minimum absolute atomic E-state index is 0.787.